The number of carboxylic acid groups (broad SMARTS) is 1. The van der Waals surface area contributed by atoms with Crippen molar-refractivity contribution < 1.29 is 27.9 Å². The Hall–Kier alpha value is -1.94. The van der Waals surface area contributed by atoms with Crippen molar-refractivity contribution in [2.24, 2.45) is 7.05 Å². The van der Waals surface area contributed by atoms with E-state index >= 15 is 0 Å². The van der Waals surface area contributed by atoms with E-state index in [2.05, 4.69) is 14.6 Å². The fourth-order valence-electron chi connectivity index (χ4n) is 1.60. The highest BCUT2D eigenvalue weighted by atomic mass is 32.2. The molecule has 0 bridgehead atoms. The van der Waals surface area contributed by atoms with E-state index in [4.69, 9.17) is 5.11 Å². The van der Waals surface area contributed by atoms with Crippen LogP contribution in [0.1, 0.15) is 24.4 Å². The monoisotopic (exact) mass is 319 g/mol. The summed E-state index contributed by atoms with van der Waals surface area (Å²) < 4.78 is 31.5. The number of hydrogen-bond donors (Lipinski definition) is 2. The molecule has 0 spiro atoms. The number of hydrogen-bond acceptors (Lipinski definition) is 6. The zero-order valence-corrected chi connectivity index (χ0v) is 12.5. The quantitative estimate of drug-likeness (QED) is 0.613. The molecule has 9 nitrogen and oxygen atoms in total. The van der Waals surface area contributed by atoms with E-state index in [1.807, 2.05) is 0 Å². The number of aromatic nitrogens is 2. The summed E-state index contributed by atoms with van der Waals surface area (Å²) in [4.78, 5) is 22.1. The van der Waals surface area contributed by atoms with Crippen LogP contribution in [0.15, 0.2) is 12.4 Å². The van der Waals surface area contributed by atoms with Gasteiger partial charge in [-0.2, -0.15) is 9.82 Å². The number of sulfonamides is 1. The van der Waals surface area contributed by atoms with E-state index in [-0.39, 0.29) is 24.2 Å². The Morgan fingerprint density at radius 2 is 2.19 bits per heavy atom. The molecule has 1 rings (SSSR count). The predicted octanol–water partition coefficient (Wildman–Crippen LogP) is -0.582. The molecule has 0 aliphatic carbocycles. The summed E-state index contributed by atoms with van der Waals surface area (Å²) in [6.45, 7) is 0. The molecule has 2 N–H and O–H groups in total. The molecule has 21 heavy (non-hydrogen) atoms. The second-order valence-electron chi connectivity index (χ2n) is 4.33. The highest BCUT2D eigenvalue weighted by Gasteiger charge is 2.26. The number of aliphatic carboxylic acids is 1. The van der Waals surface area contributed by atoms with Crippen LogP contribution >= 0.6 is 0 Å². The van der Waals surface area contributed by atoms with Gasteiger partial charge in [0.05, 0.1) is 19.1 Å². The standard InChI is InChI=1S/C11H17N3O6S/c1-14-7-8(6-12-14)10(11(16)17)13-21(18,19)5-3-4-9(15)20-2/h6-7,10,13H,3-5H2,1-2H3,(H,16,17). The zero-order chi connectivity index (χ0) is 16.0. The van der Waals surface area contributed by atoms with Crippen molar-refractivity contribution in [2.45, 2.75) is 18.9 Å². The smallest absolute Gasteiger partial charge is 0.326 e. The van der Waals surface area contributed by atoms with Crippen molar-refractivity contribution in [3.05, 3.63) is 18.0 Å². The molecule has 1 unspecified atom stereocenters. The summed E-state index contributed by atoms with van der Waals surface area (Å²) in [5.74, 6) is -2.22. The van der Waals surface area contributed by atoms with E-state index in [1.54, 1.807) is 7.05 Å². The number of carbonyl (C=O) groups excluding carboxylic acids is 1. The van der Waals surface area contributed by atoms with Gasteiger partial charge in [0, 0.05) is 25.2 Å². The fourth-order valence-corrected chi connectivity index (χ4v) is 2.84. The molecular weight excluding hydrogens is 302 g/mol. The lowest BCUT2D eigenvalue weighted by atomic mass is 10.2. The van der Waals surface area contributed by atoms with Gasteiger partial charge in [-0.05, 0) is 6.42 Å². The molecule has 1 aromatic heterocycles. The average Bonchev–Trinajstić information content (AvgIpc) is 2.81. The van der Waals surface area contributed by atoms with Gasteiger partial charge in [0.2, 0.25) is 10.0 Å². The number of ether oxygens (including phenoxy) is 1. The Kier molecular flexibility index (Phi) is 5.85. The van der Waals surface area contributed by atoms with E-state index in [0.29, 0.717) is 0 Å². The second kappa shape index (κ2) is 7.18. The van der Waals surface area contributed by atoms with Gasteiger partial charge < -0.3 is 9.84 Å². The molecule has 1 atom stereocenters. The van der Waals surface area contributed by atoms with E-state index < -0.39 is 28.0 Å². The first kappa shape index (κ1) is 17.1. The maximum absolute atomic E-state index is 11.8. The van der Waals surface area contributed by atoms with Gasteiger partial charge in [0.15, 0.2) is 0 Å². The number of carbonyl (C=O) groups is 2. The van der Waals surface area contributed by atoms with Crippen LogP contribution in [0.5, 0.6) is 0 Å². The molecule has 0 radical (unpaired) electrons. The van der Waals surface area contributed by atoms with Gasteiger partial charge in [0.25, 0.3) is 0 Å². The molecular formula is C11H17N3O6S. The van der Waals surface area contributed by atoms with Crippen molar-refractivity contribution in [1.82, 2.24) is 14.5 Å². The third kappa shape index (κ3) is 5.52. The summed E-state index contributed by atoms with van der Waals surface area (Å²) in [5.41, 5.74) is 0.224. The van der Waals surface area contributed by atoms with Crippen LogP contribution in [0.4, 0.5) is 0 Å². The van der Waals surface area contributed by atoms with E-state index in [1.165, 1.54) is 24.2 Å². The summed E-state index contributed by atoms with van der Waals surface area (Å²) >= 11 is 0. The van der Waals surface area contributed by atoms with Crippen LogP contribution in [0, 0.1) is 0 Å². The summed E-state index contributed by atoms with van der Waals surface area (Å²) in [6, 6.07) is -1.41. The topological polar surface area (TPSA) is 128 Å². The summed E-state index contributed by atoms with van der Waals surface area (Å²) in [7, 11) is -1.05. The average molecular weight is 319 g/mol. The SMILES string of the molecule is COC(=O)CCCS(=O)(=O)NC(C(=O)O)c1cnn(C)c1. The molecule has 0 saturated carbocycles. The number of aryl methyl sites for hydroxylation is 1. The number of nitrogens with one attached hydrogen (secondary N) is 1. The van der Waals surface area contributed by atoms with Crippen molar-refractivity contribution >= 4 is 22.0 Å². The maximum atomic E-state index is 11.8. The fraction of sp³-hybridized carbons (Fsp3) is 0.545. The van der Waals surface area contributed by atoms with Gasteiger partial charge in [-0.1, -0.05) is 0 Å². The van der Waals surface area contributed by atoms with Crippen molar-refractivity contribution in [3.63, 3.8) is 0 Å². The van der Waals surface area contributed by atoms with Crippen LogP contribution in [0.3, 0.4) is 0 Å². The zero-order valence-electron chi connectivity index (χ0n) is 11.6. The molecule has 1 aromatic rings. The van der Waals surface area contributed by atoms with Gasteiger partial charge in [-0.15, -0.1) is 0 Å². The van der Waals surface area contributed by atoms with Crippen molar-refractivity contribution in [1.29, 1.82) is 0 Å². The largest absolute Gasteiger partial charge is 0.480 e. The van der Waals surface area contributed by atoms with Crippen molar-refractivity contribution in [3.8, 4) is 0 Å². The predicted molar refractivity (Wildman–Crippen MR) is 71.8 cm³/mol. The highest BCUT2D eigenvalue weighted by Crippen LogP contribution is 2.14. The highest BCUT2D eigenvalue weighted by molar-refractivity contribution is 7.89. The number of nitrogens with zero attached hydrogens (tertiary/aromatic N) is 2. The normalized spacial score (nSPS) is 12.9. The second-order valence-corrected chi connectivity index (χ2v) is 6.21. The Morgan fingerprint density at radius 1 is 1.52 bits per heavy atom. The minimum absolute atomic E-state index is 0.0430. The lowest BCUT2D eigenvalue weighted by Crippen LogP contribution is -2.35. The minimum Gasteiger partial charge on any atom is -0.480 e. The first-order valence-corrected chi connectivity index (χ1v) is 7.68. The molecule has 0 aromatic carbocycles. The molecule has 10 heteroatoms. The lowest BCUT2D eigenvalue weighted by Gasteiger charge is -2.13. The summed E-state index contributed by atoms with van der Waals surface area (Å²) in [5, 5.41) is 12.9. The third-order valence-electron chi connectivity index (χ3n) is 2.62. The Bertz CT molecular complexity index is 609. The Labute approximate surface area is 121 Å². The molecule has 118 valence electrons. The van der Waals surface area contributed by atoms with Crippen LogP contribution in [-0.4, -0.2) is 48.1 Å². The number of rotatable bonds is 8. The molecule has 0 fully saturated rings. The van der Waals surface area contributed by atoms with E-state index in [0.717, 1.165) is 0 Å². The lowest BCUT2D eigenvalue weighted by molar-refractivity contribution is -0.141. The number of methoxy groups -OCH3 is 1. The molecule has 0 saturated heterocycles. The first-order chi connectivity index (χ1) is 9.75. The summed E-state index contributed by atoms with van der Waals surface area (Å²) in [6.07, 6.45) is 2.68. The Morgan fingerprint density at radius 3 is 2.67 bits per heavy atom. The van der Waals surface area contributed by atoms with Gasteiger partial charge in [0.1, 0.15) is 6.04 Å². The van der Waals surface area contributed by atoms with Crippen LogP contribution in [-0.2, 0) is 31.4 Å². The van der Waals surface area contributed by atoms with E-state index in [9.17, 15) is 18.0 Å². The number of carboxylic acids is 1. The molecule has 0 aliphatic rings. The third-order valence-corrected chi connectivity index (χ3v) is 4.05. The first-order valence-electron chi connectivity index (χ1n) is 6.03. The molecule has 1 heterocycles. The molecule has 0 amide bonds. The van der Waals surface area contributed by atoms with Crippen LogP contribution in [0.25, 0.3) is 0 Å². The maximum Gasteiger partial charge on any atom is 0.326 e. The van der Waals surface area contributed by atoms with Crippen molar-refractivity contribution in [2.75, 3.05) is 12.9 Å². The van der Waals surface area contributed by atoms with Crippen LogP contribution < -0.4 is 4.72 Å². The van der Waals surface area contributed by atoms with Gasteiger partial charge in [-0.25, -0.2) is 8.42 Å². The van der Waals surface area contributed by atoms with Gasteiger partial charge in [-0.3, -0.25) is 14.3 Å². The van der Waals surface area contributed by atoms with Gasteiger partial charge >= 0.3 is 11.9 Å². The van der Waals surface area contributed by atoms with Crippen LogP contribution in [0.2, 0.25) is 0 Å². The minimum atomic E-state index is -3.84. The molecule has 0 aliphatic heterocycles. The number of esters is 1. The Balaban J connectivity index is 2.70.